The highest BCUT2D eigenvalue weighted by Crippen LogP contribution is 2.41. The lowest BCUT2D eigenvalue weighted by Crippen LogP contribution is -2.50. The zero-order valence-corrected chi connectivity index (χ0v) is 39.4. The predicted molar refractivity (Wildman–Crippen MR) is 245 cm³/mol. The van der Waals surface area contributed by atoms with Crippen LogP contribution in [0.3, 0.4) is 0 Å². The fraction of sp³-hybridized carbons (Fsp3) is 0.469. The molecular weight excluding hydrogens is 857 g/mol. The number of carbonyl (C=O) groups excluding carboxylic acids is 2. The van der Waals surface area contributed by atoms with Gasteiger partial charge in [-0.2, -0.15) is 8.42 Å². The van der Waals surface area contributed by atoms with Gasteiger partial charge in [-0.3, -0.25) is 14.2 Å². The maximum absolute atomic E-state index is 14.4. The Bertz CT molecular complexity index is 2240. The molecule has 2 saturated heterocycles. The van der Waals surface area contributed by atoms with Gasteiger partial charge in [-0.05, 0) is 111 Å². The van der Waals surface area contributed by atoms with Crippen molar-refractivity contribution >= 4 is 22.0 Å². The number of carbonyl (C=O) groups is 2. The SMILES string of the molecule is CC[C@H](C(=O)N1CCCC[C@@H]1C(=O)O[C@@H](CCc1ccc(OC)c(OC)c1)c1cccc(OCCN2CCOCC2)c1)c1cc(OC)c(OC)c(OC)c1.Cc1ccc(S(=O)(=O)O)cc1. The second-order valence-corrected chi connectivity index (χ2v) is 17.2. The molecule has 0 saturated carbocycles. The minimum absolute atomic E-state index is 0.0666. The van der Waals surface area contributed by atoms with Gasteiger partial charge in [0, 0.05) is 26.2 Å². The molecule has 4 aromatic rings. The number of nitrogens with zero attached hydrogens (tertiary/aromatic N) is 2. The minimum Gasteiger partial charge on any atom is -0.493 e. The summed E-state index contributed by atoms with van der Waals surface area (Å²) in [6.45, 7) is 8.83. The number of amides is 1. The molecule has 2 fully saturated rings. The number of piperidine rings is 1. The Kier molecular flexibility index (Phi) is 19.1. The molecule has 354 valence electrons. The van der Waals surface area contributed by atoms with Gasteiger partial charge in [0.05, 0.1) is 59.6 Å². The van der Waals surface area contributed by atoms with Gasteiger partial charge in [-0.15, -0.1) is 0 Å². The van der Waals surface area contributed by atoms with Crippen LogP contribution in [0.2, 0.25) is 0 Å². The van der Waals surface area contributed by atoms with Crippen molar-refractivity contribution in [2.24, 2.45) is 0 Å². The van der Waals surface area contributed by atoms with Gasteiger partial charge in [0.15, 0.2) is 23.0 Å². The van der Waals surface area contributed by atoms with Crippen molar-refractivity contribution in [3.05, 3.63) is 101 Å². The summed E-state index contributed by atoms with van der Waals surface area (Å²) in [4.78, 5) is 32.7. The quantitative estimate of drug-likeness (QED) is 0.0726. The van der Waals surface area contributed by atoms with E-state index >= 15 is 0 Å². The highest BCUT2D eigenvalue weighted by Gasteiger charge is 2.38. The number of hydrogen-bond acceptors (Lipinski definition) is 13. The summed E-state index contributed by atoms with van der Waals surface area (Å²) >= 11 is 0. The molecule has 4 aromatic carbocycles. The molecule has 3 atom stereocenters. The van der Waals surface area contributed by atoms with Crippen molar-refractivity contribution in [3.63, 3.8) is 0 Å². The van der Waals surface area contributed by atoms with E-state index in [4.69, 9.17) is 42.4 Å². The Morgan fingerprint density at radius 1 is 0.785 bits per heavy atom. The molecule has 0 aliphatic carbocycles. The number of likely N-dealkylation sites (tertiary alicyclic amines) is 1. The van der Waals surface area contributed by atoms with Crippen LogP contribution < -0.4 is 28.4 Å². The average Bonchev–Trinajstić information content (AvgIpc) is 3.32. The molecule has 0 radical (unpaired) electrons. The molecule has 2 aliphatic rings. The molecule has 2 heterocycles. The lowest BCUT2D eigenvalue weighted by atomic mass is 9.91. The maximum Gasteiger partial charge on any atom is 0.329 e. The van der Waals surface area contributed by atoms with E-state index in [2.05, 4.69) is 4.90 Å². The van der Waals surface area contributed by atoms with E-state index in [1.807, 2.05) is 68.4 Å². The lowest BCUT2D eigenvalue weighted by Gasteiger charge is -2.37. The van der Waals surface area contributed by atoms with Gasteiger partial charge < -0.3 is 42.8 Å². The van der Waals surface area contributed by atoms with Crippen molar-refractivity contribution in [1.29, 1.82) is 0 Å². The summed E-state index contributed by atoms with van der Waals surface area (Å²) in [5.74, 6) is 2.30. The molecule has 15 nitrogen and oxygen atoms in total. The van der Waals surface area contributed by atoms with Crippen molar-refractivity contribution in [1.82, 2.24) is 9.80 Å². The Labute approximate surface area is 383 Å². The van der Waals surface area contributed by atoms with Crippen LogP contribution in [0.15, 0.2) is 83.8 Å². The number of rotatable bonds is 19. The fourth-order valence-electron chi connectivity index (χ4n) is 7.97. The van der Waals surface area contributed by atoms with Gasteiger partial charge in [0.2, 0.25) is 11.7 Å². The van der Waals surface area contributed by atoms with E-state index in [0.29, 0.717) is 73.3 Å². The smallest absolute Gasteiger partial charge is 0.329 e. The fourth-order valence-corrected chi connectivity index (χ4v) is 8.45. The molecule has 6 rings (SSSR count). The molecule has 1 amide bonds. The number of methoxy groups -OCH3 is 5. The second kappa shape index (κ2) is 24.7. The van der Waals surface area contributed by atoms with Crippen LogP contribution in [-0.4, -0.2) is 122 Å². The normalized spacial score (nSPS) is 16.2. The van der Waals surface area contributed by atoms with E-state index in [1.165, 1.54) is 12.1 Å². The first-order chi connectivity index (χ1) is 31.3. The van der Waals surface area contributed by atoms with Crippen molar-refractivity contribution in [3.8, 4) is 34.5 Å². The highest BCUT2D eigenvalue weighted by atomic mass is 32.2. The number of morpholine rings is 1. The molecular formula is C49H64N2O13S. The molecule has 0 unspecified atom stereocenters. The third kappa shape index (κ3) is 14.0. The first-order valence-electron chi connectivity index (χ1n) is 21.9. The number of esters is 1. The van der Waals surface area contributed by atoms with Gasteiger partial charge in [0.25, 0.3) is 10.1 Å². The predicted octanol–water partition coefficient (Wildman–Crippen LogP) is 7.47. The van der Waals surface area contributed by atoms with Crippen LogP contribution >= 0.6 is 0 Å². The molecule has 0 aromatic heterocycles. The summed E-state index contributed by atoms with van der Waals surface area (Å²) < 4.78 is 75.3. The molecule has 65 heavy (non-hydrogen) atoms. The topological polar surface area (TPSA) is 169 Å². The lowest BCUT2D eigenvalue weighted by molar-refractivity contribution is -0.162. The molecule has 0 bridgehead atoms. The largest absolute Gasteiger partial charge is 0.493 e. The molecule has 0 spiro atoms. The van der Waals surface area contributed by atoms with Crippen molar-refractivity contribution in [2.75, 3.05) is 81.5 Å². The highest BCUT2D eigenvalue weighted by molar-refractivity contribution is 7.85. The first kappa shape index (κ1) is 50.4. The standard InChI is InChI=1S/C42H56N2O10.C7H8O3S/c1-7-33(31-27-38(49-4)40(51-6)39(28-31)50-5)41(45)44-18-9-8-13-34(44)42(46)54-35(16-14-29-15-17-36(47-2)37(25-29)48-3)30-11-10-12-32(26-30)53-24-21-43-19-22-52-23-20-43;1-6-2-4-7(5-3-6)11(8,9)10/h10-12,15,17,25-28,33-35H,7-9,13-14,16,18-24H2,1-6H3;2-5H,1H3,(H,8,9,10)/t33-,34+,35-;/m0./s1. The molecule has 1 N–H and O–H groups in total. The van der Waals surface area contributed by atoms with Crippen LogP contribution in [0, 0.1) is 6.92 Å². The number of benzene rings is 4. The average molecular weight is 921 g/mol. The number of aryl methyl sites for hydroxylation is 2. The van der Waals surface area contributed by atoms with Gasteiger partial charge in [-0.1, -0.05) is 42.8 Å². The Morgan fingerprint density at radius 3 is 2.08 bits per heavy atom. The van der Waals surface area contributed by atoms with E-state index in [0.717, 1.165) is 67.9 Å². The first-order valence-corrected chi connectivity index (χ1v) is 23.4. The maximum atomic E-state index is 14.4. The van der Waals surface area contributed by atoms with Crippen LogP contribution in [-0.2, 0) is 35.6 Å². The molecule has 2 aliphatic heterocycles. The van der Waals surface area contributed by atoms with Crippen molar-refractivity contribution < 1.29 is 60.5 Å². The van der Waals surface area contributed by atoms with Crippen LogP contribution in [0.4, 0.5) is 0 Å². The zero-order valence-electron chi connectivity index (χ0n) is 38.6. The molecule has 16 heteroatoms. The zero-order chi connectivity index (χ0) is 46.9. The van der Waals surface area contributed by atoms with Crippen LogP contribution in [0.5, 0.6) is 34.5 Å². The van der Waals surface area contributed by atoms with Gasteiger partial charge in [0.1, 0.15) is 24.5 Å². The van der Waals surface area contributed by atoms with E-state index < -0.39 is 34.2 Å². The van der Waals surface area contributed by atoms with E-state index in [1.54, 1.807) is 52.6 Å². The summed E-state index contributed by atoms with van der Waals surface area (Å²) in [6, 6.07) is 22.5. The van der Waals surface area contributed by atoms with Crippen molar-refractivity contribution in [2.45, 2.75) is 75.3 Å². The summed E-state index contributed by atoms with van der Waals surface area (Å²) in [6.07, 6.45) is 3.16. The van der Waals surface area contributed by atoms with Crippen LogP contribution in [0.25, 0.3) is 0 Å². The van der Waals surface area contributed by atoms with E-state index in [9.17, 15) is 18.0 Å². The van der Waals surface area contributed by atoms with Gasteiger partial charge >= 0.3 is 5.97 Å². The third-order valence-corrected chi connectivity index (χ3v) is 12.5. The Hall–Kier alpha value is -5.55. The monoisotopic (exact) mass is 920 g/mol. The number of hydrogen-bond donors (Lipinski definition) is 1. The Balaban J connectivity index is 0.000000630. The summed E-state index contributed by atoms with van der Waals surface area (Å²) in [5, 5.41) is 0. The summed E-state index contributed by atoms with van der Waals surface area (Å²) in [7, 11) is 3.84. The third-order valence-electron chi connectivity index (χ3n) is 11.6. The summed E-state index contributed by atoms with van der Waals surface area (Å²) in [5.41, 5.74) is 3.52. The second-order valence-electron chi connectivity index (χ2n) is 15.8. The van der Waals surface area contributed by atoms with E-state index in [-0.39, 0.29) is 10.8 Å². The van der Waals surface area contributed by atoms with Gasteiger partial charge in [-0.25, -0.2) is 4.79 Å². The Morgan fingerprint density at radius 2 is 1.46 bits per heavy atom. The minimum atomic E-state index is -4.02. The van der Waals surface area contributed by atoms with Crippen LogP contribution in [0.1, 0.15) is 73.3 Å². The number of ether oxygens (including phenoxy) is 8.